The topological polar surface area (TPSA) is 77.0 Å². The van der Waals surface area contributed by atoms with Crippen molar-refractivity contribution in [1.82, 2.24) is 15.0 Å². The first-order valence-electron chi connectivity index (χ1n) is 10.3. The molecule has 2 heterocycles. The molecule has 0 amide bonds. The van der Waals surface area contributed by atoms with Crippen molar-refractivity contribution in [2.24, 2.45) is 0 Å². The molecule has 4 rings (SSSR count). The lowest BCUT2D eigenvalue weighted by molar-refractivity contribution is 0.0601. The van der Waals surface area contributed by atoms with Gasteiger partial charge in [0.25, 0.3) is 0 Å². The number of anilines is 2. The Morgan fingerprint density at radius 3 is 2.61 bits per heavy atom. The molecule has 1 atom stereocenters. The van der Waals surface area contributed by atoms with Crippen molar-refractivity contribution in [3.8, 4) is 11.3 Å². The van der Waals surface area contributed by atoms with Crippen molar-refractivity contribution >= 4 is 28.4 Å². The fourth-order valence-electron chi connectivity index (χ4n) is 3.45. The van der Waals surface area contributed by atoms with E-state index < -0.39 is 5.97 Å². The maximum Gasteiger partial charge on any atom is 0.341 e. The minimum atomic E-state index is -0.422. The van der Waals surface area contributed by atoms with E-state index in [2.05, 4.69) is 34.1 Å². The second-order valence-corrected chi connectivity index (χ2v) is 7.41. The van der Waals surface area contributed by atoms with Crippen molar-refractivity contribution in [2.45, 2.75) is 26.2 Å². The largest absolute Gasteiger partial charge is 0.465 e. The number of carbonyl (C=O) groups excluding carboxylic acids is 1. The van der Waals surface area contributed by atoms with E-state index in [1.165, 1.54) is 7.11 Å². The van der Waals surface area contributed by atoms with Gasteiger partial charge in [-0.25, -0.2) is 19.7 Å². The second-order valence-electron chi connectivity index (χ2n) is 7.41. The van der Waals surface area contributed by atoms with E-state index in [4.69, 9.17) is 4.74 Å². The van der Waals surface area contributed by atoms with Crippen LogP contribution in [0.25, 0.3) is 22.2 Å². The summed E-state index contributed by atoms with van der Waals surface area (Å²) in [6, 6.07) is 17.7. The number of hydrogen-bond acceptors (Lipinski definition) is 6. The maximum absolute atomic E-state index is 12.4. The van der Waals surface area contributed by atoms with E-state index in [0.29, 0.717) is 17.3 Å². The lowest BCUT2D eigenvalue weighted by Crippen LogP contribution is -2.09. The van der Waals surface area contributed by atoms with Gasteiger partial charge in [-0.15, -0.1) is 0 Å². The lowest BCUT2D eigenvalue weighted by atomic mass is 9.99. The number of carbonyl (C=O) groups is 1. The van der Waals surface area contributed by atoms with Gasteiger partial charge in [0.1, 0.15) is 17.7 Å². The number of aromatic nitrogens is 3. The van der Waals surface area contributed by atoms with Gasteiger partial charge >= 0.3 is 5.97 Å². The van der Waals surface area contributed by atoms with Crippen molar-refractivity contribution in [3.63, 3.8) is 0 Å². The number of methoxy groups -OCH3 is 1. The highest BCUT2D eigenvalue weighted by molar-refractivity contribution is 5.97. The van der Waals surface area contributed by atoms with Crippen LogP contribution in [0.4, 0.5) is 11.5 Å². The Kier molecular flexibility index (Phi) is 5.89. The number of nitrogens with zero attached hydrogens (tertiary/aromatic N) is 3. The number of esters is 1. The Bertz CT molecular complexity index is 1220. The van der Waals surface area contributed by atoms with E-state index in [1.807, 2.05) is 54.6 Å². The number of hydrogen-bond donors (Lipinski definition) is 1. The molecule has 31 heavy (non-hydrogen) atoms. The normalized spacial score (nSPS) is 11.8. The Balaban J connectivity index is 1.71. The molecule has 0 spiro atoms. The molecule has 0 aliphatic rings. The van der Waals surface area contributed by atoms with Gasteiger partial charge < -0.3 is 10.1 Å². The van der Waals surface area contributed by atoms with Crippen LogP contribution in [0.3, 0.4) is 0 Å². The third kappa shape index (κ3) is 4.23. The molecule has 1 N–H and O–H groups in total. The quantitative estimate of drug-likeness (QED) is 0.407. The van der Waals surface area contributed by atoms with Gasteiger partial charge in [-0.3, -0.25) is 0 Å². The third-order valence-electron chi connectivity index (χ3n) is 5.44. The predicted molar refractivity (Wildman–Crippen MR) is 123 cm³/mol. The van der Waals surface area contributed by atoms with Crippen molar-refractivity contribution < 1.29 is 9.53 Å². The lowest BCUT2D eigenvalue weighted by Gasteiger charge is -2.14. The fraction of sp³-hybridized carbons (Fsp3) is 0.200. The molecular formula is C25H24N4O2. The summed E-state index contributed by atoms with van der Waals surface area (Å²) in [5.74, 6) is 0.337. The van der Waals surface area contributed by atoms with Crippen LogP contribution in [-0.2, 0) is 4.74 Å². The van der Waals surface area contributed by atoms with Gasteiger partial charge in [0.15, 0.2) is 0 Å². The highest BCUT2D eigenvalue weighted by atomic mass is 16.5. The average molecular weight is 412 g/mol. The third-order valence-corrected chi connectivity index (χ3v) is 5.44. The van der Waals surface area contributed by atoms with Gasteiger partial charge in [0.05, 0.1) is 18.3 Å². The molecule has 2 aromatic carbocycles. The van der Waals surface area contributed by atoms with Crippen LogP contribution in [0.5, 0.6) is 0 Å². The molecule has 6 nitrogen and oxygen atoms in total. The first kappa shape index (κ1) is 20.5. The maximum atomic E-state index is 12.4. The highest BCUT2D eigenvalue weighted by Gasteiger charge is 2.17. The molecular weight excluding hydrogens is 388 g/mol. The number of nitrogens with one attached hydrogen (secondary N) is 1. The first-order chi connectivity index (χ1) is 15.1. The van der Waals surface area contributed by atoms with Crippen LogP contribution in [0.15, 0.2) is 67.1 Å². The van der Waals surface area contributed by atoms with Gasteiger partial charge in [0, 0.05) is 22.8 Å². The molecule has 1 unspecified atom stereocenters. The minimum absolute atomic E-state index is 0.304. The summed E-state index contributed by atoms with van der Waals surface area (Å²) in [5.41, 5.74) is 4.91. The van der Waals surface area contributed by atoms with Crippen molar-refractivity contribution in [1.29, 1.82) is 0 Å². The minimum Gasteiger partial charge on any atom is -0.465 e. The molecule has 0 fully saturated rings. The Morgan fingerprint density at radius 2 is 1.87 bits per heavy atom. The Hall–Kier alpha value is -3.80. The Morgan fingerprint density at radius 1 is 1.06 bits per heavy atom. The van der Waals surface area contributed by atoms with Crippen LogP contribution >= 0.6 is 0 Å². The molecule has 0 saturated carbocycles. The summed E-state index contributed by atoms with van der Waals surface area (Å²) in [5, 5.41) is 4.20. The number of pyridine rings is 1. The number of benzene rings is 2. The second kappa shape index (κ2) is 8.92. The van der Waals surface area contributed by atoms with Gasteiger partial charge in [0.2, 0.25) is 0 Å². The summed E-state index contributed by atoms with van der Waals surface area (Å²) >= 11 is 0. The van der Waals surface area contributed by atoms with E-state index in [0.717, 1.165) is 39.8 Å². The monoisotopic (exact) mass is 412 g/mol. The zero-order chi connectivity index (χ0) is 21.8. The summed E-state index contributed by atoms with van der Waals surface area (Å²) in [7, 11) is 1.38. The zero-order valence-electron chi connectivity index (χ0n) is 17.8. The number of fused-ring (bicyclic) bond motifs is 1. The SMILES string of the molecule is CCC(C)c1cnc(Nc2ccc3c(-c4ccccc4)ncnc3c2)c(C(=O)OC)c1. The average Bonchev–Trinajstić information content (AvgIpc) is 2.83. The van der Waals surface area contributed by atoms with Crippen LogP contribution in [-0.4, -0.2) is 28.0 Å². The molecule has 156 valence electrons. The molecule has 0 bridgehead atoms. The summed E-state index contributed by atoms with van der Waals surface area (Å²) in [6.45, 7) is 4.22. The summed E-state index contributed by atoms with van der Waals surface area (Å²) < 4.78 is 4.98. The van der Waals surface area contributed by atoms with E-state index in [1.54, 1.807) is 12.5 Å². The van der Waals surface area contributed by atoms with Crippen molar-refractivity contribution in [2.75, 3.05) is 12.4 Å². The van der Waals surface area contributed by atoms with Crippen LogP contribution in [0, 0.1) is 0 Å². The van der Waals surface area contributed by atoms with E-state index in [9.17, 15) is 4.79 Å². The molecule has 6 heteroatoms. The van der Waals surface area contributed by atoms with Gasteiger partial charge in [-0.05, 0) is 42.2 Å². The molecule has 2 aromatic heterocycles. The standard InChI is InChI=1S/C25H24N4O2/c1-4-16(2)18-12-21(25(30)31-3)24(26-14-18)29-19-10-11-20-22(13-19)27-15-28-23(20)17-8-6-5-7-9-17/h5-16H,4H2,1-3H3,(H,26,29). The predicted octanol–water partition coefficient (Wildman–Crippen LogP) is 5.74. The Labute approximate surface area is 181 Å². The fourth-order valence-corrected chi connectivity index (χ4v) is 3.45. The van der Waals surface area contributed by atoms with Crippen LogP contribution in [0.1, 0.15) is 42.1 Å². The van der Waals surface area contributed by atoms with Gasteiger partial charge in [-0.2, -0.15) is 0 Å². The van der Waals surface area contributed by atoms with Crippen molar-refractivity contribution in [3.05, 3.63) is 78.2 Å². The van der Waals surface area contributed by atoms with Crippen LogP contribution < -0.4 is 5.32 Å². The zero-order valence-corrected chi connectivity index (χ0v) is 17.8. The molecule has 0 radical (unpaired) electrons. The van der Waals surface area contributed by atoms with Gasteiger partial charge in [-0.1, -0.05) is 44.2 Å². The summed E-state index contributed by atoms with van der Waals surface area (Å²) in [6.07, 6.45) is 4.33. The van der Waals surface area contributed by atoms with E-state index >= 15 is 0 Å². The first-order valence-corrected chi connectivity index (χ1v) is 10.3. The summed E-state index contributed by atoms with van der Waals surface area (Å²) in [4.78, 5) is 25.8. The molecule has 0 aliphatic heterocycles. The van der Waals surface area contributed by atoms with Crippen LogP contribution in [0.2, 0.25) is 0 Å². The smallest absolute Gasteiger partial charge is 0.341 e. The molecule has 0 aliphatic carbocycles. The van der Waals surface area contributed by atoms with E-state index in [-0.39, 0.29) is 0 Å². The molecule has 0 saturated heterocycles. The number of rotatable bonds is 6. The molecule has 4 aromatic rings. The number of ether oxygens (including phenoxy) is 1. The highest BCUT2D eigenvalue weighted by Crippen LogP contribution is 2.29.